The summed E-state index contributed by atoms with van der Waals surface area (Å²) in [5, 5.41) is 4.27. The zero-order valence-corrected chi connectivity index (χ0v) is 14.4. The number of amides is 1. The Morgan fingerprint density at radius 1 is 1.30 bits per heavy atom. The van der Waals surface area contributed by atoms with Gasteiger partial charge in [-0.2, -0.15) is 0 Å². The van der Waals surface area contributed by atoms with Crippen LogP contribution in [0.25, 0.3) is 10.9 Å². The largest absolute Gasteiger partial charge is 0.358 e. The van der Waals surface area contributed by atoms with E-state index in [4.69, 9.17) is 0 Å². The van der Waals surface area contributed by atoms with Crippen molar-refractivity contribution in [3.05, 3.63) is 35.0 Å². The molecule has 0 saturated carbocycles. The summed E-state index contributed by atoms with van der Waals surface area (Å²) >= 11 is 0. The average molecular weight is 313 g/mol. The van der Waals surface area contributed by atoms with Gasteiger partial charge >= 0.3 is 0 Å². The number of benzene rings is 1. The molecular weight excluding hydrogens is 286 g/mol. The lowest BCUT2D eigenvalue weighted by molar-refractivity contribution is 0.0937. The first-order valence-electron chi connectivity index (χ1n) is 8.71. The van der Waals surface area contributed by atoms with Crippen molar-refractivity contribution in [1.29, 1.82) is 0 Å². The standard InChI is InChI=1S/C19H27N3O/c1-4-16(22-9-5-6-10-22)12-20-19(23)15-7-8-18-17(11-15)13(2)14(3)21-18/h7-8,11,16,21H,4-6,9-10,12H2,1-3H3,(H,20,23). The Bertz CT molecular complexity index is 698. The first-order chi connectivity index (χ1) is 11.1. The SMILES string of the molecule is CCC(CNC(=O)c1ccc2[nH]c(C)c(C)c2c1)N1CCCC1. The van der Waals surface area contributed by atoms with Gasteiger partial charge in [0, 0.05) is 34.7 Å². The van der Waals surface area contributed by atoms with Crippen LogP contribution in [0, 0.1) is 13.8 Å². The normalized spacial score (nSPS) is 16.8. The van der Waals surface area contributed by atoms with Gasteiger partial charge < -0.3 is 10.3 Å². The summed E-state index contributed by atoms with van der Waals surface area (Å²) in [6, 6.07) is 6.37. The molecule has 1 aliphatic rings. The van der Waals surface area contributed by atoms with Crippen LogP contribution in [-0.4, -0.2) is 41.5 Å². The number of likely N-dealkylation sites (tertiary alicyclic amines) is 1. The number of aromatic amines is 1. The van der Waals surface area contributed by atoms with Crippen molar-refractivity contribution < 1.29 is 4.79 Å². The van der Waals surface area contributed by atoms with Crippen LogP contribution in [0.5, 0.6) is 0 Å². The average Bonchev–Trinajstić information content (AvgIpc) is 3.17. The Balaban J connectivity index is 1.69. The Labute approximate surface area is 138 Å². The fourth-order valence-electron chi connectivity index (χ4n) is 3.55. The monoisotopic (exact) mass is 313 g/mol. The molecule has 1 saturated heterocycles. The van der Waals surface area contributed by atoms with Gasteiger partial charge in [0.05, 0.1) is 0 Å². The lowest BCUT2D eigenvalue weighted by atomic mass is 10.1. The van der Waals surface area contributed by atoms with Gasteiger partial charge in [-0.25, -0.2) is 0 Å². The topological polar surface area (TPSA) is 48.1 Å². The van der Waals surface area contributed by atoms with E-state index in [1.54, 1.807) is 0 Å². The van der Waals surface area contributed by atoms with Crippen LogP contribution in [0.1, 0.15) is 47.8 Å². The Hall–Kier alpha value is -1.81. The summed E-state index contributed by atoms with van der Waals surface area (Å²) < 4.78 is 0. The second kappa shape index (κ2) is 6.75. The lowest BCUT2D eigenvalue weighted by Crippen LogP contribution is -2.42. The van der Waals surface area contributed by atoms with Gasteiger partial charge in [0.1, 0.15) is 0 Å². The van der Waals surface area contributed by atoms with Crippen LogP contribution in [0.15, 0.2) is 18.2 Å². The molecule has 4 nitrogen and oxygen atoms in total. The summed E-state index contributed by atoms with van der Waals surface area (Å²) in [4.78, 5) is 18.4. The van der Waals surface area contributed by atoms with Gasteiger partial charge in [-0.05, 0) is 70.0 Å². The zero-order chi connectivity index (χ0) is 16.4. The highest BCUT2D eigenvalue weighted by Crippen LogP contribution is 2.22. The number of fused-ring (bicyclic) bond motifs is 1. The number of nitrogens with zero attached hydrogens (tertiary/aromatic N) is 1. The van der Waals surface area contributed by atoms with E-state index in [2.05, 4.69) is 36.0 Å². The number of aromatic nitrogens is 1. The highest BCUT2D eigenvalue weighted by Gasteiger charge is 2.21. The van der Waals surface area contributed by atoms with Crippen LogP contribution in [0.2, 0.25) is 0 Å². The van der Waals surface area contributed by atoms with Gasteiger partial charge in [-0.3, -0.25) is 9.69 Å². The molecule has 1 atom stereocenters. The van der Waals surface area contributed by atoms with Crippen molar-refractivity contribution in [3.63, 3.8) is 0 Å². The minimum absolute atomic E-state index is 0.0304. The zero-order valence-electron chi connectivity index (χ0n) is 14.4. The van der Waals surface area contributed by atoms with Gasteiger partial charge in [-0.15, -0.1) is 0 Å². The molecule has 1 aromatic heterocycles. The molecule has 1 fully saturated rings. The maximum absolute atomic E-state index is 12.5. The van der Waals surface area contributed by atoms with Crippen LogP contribution in [0.3, 0.4) is 0 Å². The number of H-pyrrole nitrogens is 1. The molecule has 1 aromatic carbocycles. The van der Waals surface area contributed by atoms with Crippen LogP contribution in [0.4, 0.5) is 0 Å². The van der Waals surface area contributed by atoms with Crippen LogP contribution in [-0.2, 0) is 0 Å². The van der Waals surface area contributed by atoms with Gasteiger partial charge in [0.2, 0.25) is 0 Å². The molecule has 4 heteroatoms. The molecule has 1 unspecified atom stereocenters. The second-order valence-electron chi connectivity index (χ2n) is 6.65. The molecule has 2 aromatic rings. The second-order valence-corrected chi connectivity index (χ2v) is 6.65. The number of aryl methyl sites for hydroxylation is 2. The molecule has 124 valence electrons. The summed E-state index contributed by atoms with van der Waals surface area (Å²) in [5.74, 6) is 0.0304. The maximum atomic E-state index is 12.5. The highest BCUT2D eigenvalue weighted by atomic mass is 16.1. The molecule has 1 amide bonds. The Kier molecular flexibility index (Phi) is 4.71. The van der Waals surface area contributed by atoms with E-state index >= 15 is 0 Å². The molecule has 0 bridgehead atoms. The summed E-state index contributed by atoms with van der Waals surface area (Å²) in [6.07, 6.45) is 3.65. The lowest BCUT2D eigenvalue weighted by Gasteiger charge is -2.26. The molecule has 0 aliphatic carbocycles. The molecule has 1 aliphatic heterocycles. The summed E-state index contributed by atoms with van der Waals surface area (Å²) in [7, 11) is 0. The minimum Gasteiger partial charge on any atom is -0.358 e. The quantitative estimate of drug-likeness (QED) is 0.889. The molecule has 2 heterocycles. The third-order valence-corrected chi connectivity index (χ3v) is 5.20. The smallest absolute Gasteiger partial charge is 0.251 e. The molecular formula is C19H27N3O. The van der Waals surface area contributed by atoms with Crippen molar-refractivity contribution >= 4 is 16.8 Å². The highest BCUT2D eigenvalue weighted by molar-refractivity contribution is 5.99. The van der Waals surface area contributed by atoms with Gasteiger partial charge in [0.25, 0.3) is 5.91 Å². The summed E-state index contributed by atoms with van der Waals surface area (Å²) in [6.45, 7) is 9.43. The molecule has 0 spiro atoms. The molecule has 0 radical (unpaired) electrons. The van der Waals surface area contributed by atoms with E-state index in [0.717, 1.165) is 35.1 Å². The number of hydrogen-bond acceptors (Lipinski definition) is 2. The number of carbonyl (C=O) groups excluding carboxylic acids is 1. The van der Waals surface area contributed by atoms with Crippen molar-refractivity contribution in [2.75, 3.05) is 19.6 Å². The Morgan fingerprint density at radius 2 is 2.04 bits per heavy atom. The minimum atomic E-state index is 0.0304. The predicted octanol–water partition coefficient (Wildman–Crippen LogP) is 3.39. The van der Waals surface area contributed by atoms with E-state index in [1.807, 2.05) is 18.2 Å². The third-order valence-electron chi connectivity index (χ3n) is 5.20. The molecule has 3 rings (SSSR count). The third kappa shape index (κ3) is 3.27. The van der Waals surface area contributed by atoms with Crippen LogP contribution >= 0.6 is 0 Å². The summed E-state index contributed by atoms with van der Waals surface area (Å²) in [5.41, 5.74) is 4.23. The molecule has 2 N–H and O–H groups in total. The van der Waals surface area contributed by atoms with Gasteiger partial charge in [-0.1, -0.05) is 6.92 Å². The van der Waals surface area contributed by atoms with Gasteiger partial charge in [0.15, 0.2) is 0 Å². The van der Waals surface area contributed by atoms with E-state index < -0.39 is 0 Å². The van der Waals surface area contributed by atoms with Crippen molar-refractivity contribution in [2.45, 2.75) is 46.1 Å². The number of carbonyl (C=O) groups is 1. The number of nitrogens with one attached hydrogen (secondary N) is 2. The van der Waals surface area contributed by atoms with E-state index in [-0.39, 0.29) is 5.91 Å². The number of hydrogen-bond donors (Lipinski definition) is 2. The van der Waals surface area contributed by atoms with Crippen molar-refractivity contribution in [2.24, 2.45) is 0 Å². The van der Waals surface area contributed by atoms with E-state index in [0.29, 0.717) is 6.04 Å². The number of rotatable bonds is 5. The van der Waals surface area contributed by atoms with E-state index in [1.165, 1.54) is 31.5 Å². The van der Waals surface area contributed by atoms with Crippen molar-refractivity contribution in [3.8, 4) is 0 Å². The maximum Gasteiger partial charge on any atom is 0.251 e. The van der Waals surface area contributed by atoms with Crippen molar-refractivity contribution in [1.82, 2.24) is 15.2 Å². The van der Waals surface area contributed by atoms with E-state index in [9.17, 15) is 4.79 Å². The predicted molar refractivity (Wildman–Crippen MR) is 95.0 cm³/mol. The fraction of sp³-hybridized carbons (Fsp3) is 0.526. The fourth-order valence-corrected chi connectivity index (χ4v) is 3.55. The Morgan fingerprint density at radius 3 is 2.74 bits per heavy atom. The first kappa shape index (κ1) is 16.1. The van der Waals surface area contributed by atoms with Crippen LogP contribution < -0.4 is 5.32 Å². The first-order valence-corrected chi connectivity index (χ1v) is 8.71. The molecule has 23 heavy (non-hydrogen) atoms.